The van der Waals surface area contributed by atoms with E-state index in [-0.39, 0.29) is 5.49 Å². The summed E-state index contributed by atoms with van der Waals surface area (Å²) in [6, 6.07) is 8.93. The molecule has 2 N–H and O–H groups in total. The van der Waals surface area contributed by atoms with E-state index in [1.54, 1.807) is 24.5 Å². The lowest BCUT2D eigenvalue weighted by Crippen LogP contribution is -1.94. The van der Waals surface area contributed by atoms with Crippen LogP contribution in [0.15, 0.2) is 30.6 Å². The second-order valence-corrected chi connectivity index (χ2v) is 4.11. The van der Waals surface area contributed by atoms with Gasteiger partial charge in [0.15, 0.2) is 0 Å². The molecule has 2 aliphatic rings. The van der Waals surface area contributed by atoms with Crippen LogP contribution in [0, 0.1) is 28.1 Å². The summed E-state index contributed by atoms with van der Waals surface area (Å²) in [5, 5.41) is 27.6. The van der Waals surface area contributed by atoms with Gasteiger partial charge in [-0.15, -0.1) is 0 Å². The lowest BCUT2D eigenvalue weighted by molar-refractivity contribution is 1.15. The fourth-order valence-corrected chi connectivity index (χ4v) is 2.14. The van der Waals surface area contributed by atoms with Gasteiger partial charge in [-0.2, -0.15) is 10.5 Å². The standard InChI is InChI=1S/C14H7N5/c15-4-8-1-9(5-16)14-11(3-13(17)19-14)12-7-18-6-10(12)2-8/h1-3,6-7,17-18H. The molecule has 2 heterocycles. The Kier molecular flexibility index (Phi) is 2.27. The zero-order chi connectivity index (χ0) is 13.4. The number of hydrogen-bond acceptors (Lipinski definition) is 4. The topological polar surface area (TPSA) is 100 Å². The van der Waals surface area contributed by atoms with Crippen molar-refractivity contribution in [2.24, 2.45) is 0 Å². The first-order chi connectivity index (χ1) is 9.22. The lowest BCUT2D eigenvalue weighted by atomic mass is 10.0. The molecule has 0 spiro atoms. The molecule has 1 aromatic rings. The Labute approximate surface area is 108 Å². The average molecular weight is 245 g/mol. The molecule has 3 rings (SSSR count). The van der Waals surface area contributed by atoms with E-state index in [1.807, 2.05) is 12.1 Å². The van der Waals surface area contributed by atoms with Crippen LogP contribution in [0.2, 0.25) is 0 Å². The third kappa shape index (κ3) is 1.62. The number of hydrogen-bond donors (Lipinski definition) is 2. The van der Waals surface area contributed by atoms with Gasteiger partial charge < -0.3 is 4.98 Å². The normalized spacial score (nSPS) is 10.2. The molecule has 0 atom stereocenters. The van der Waals surface area contributed by atoms with Crippen molar-refractivity contribution in [3.05, 3.63) is 47.2 Å². The van der Waals surface area contributed by atoms with E-state index in [2.05, 4.69) is 9.97 Å². The molecule has 5 nitrogen and oxygen atoms in total. The largest absolute Gasteiger partial charge is 0.366 e. The SMILES string of the molecule is N#Cc1cc(C#N)c2nc(=N)cc-2c2c[nH]cc2c1. The highest BCUT2D eigenvalue weighted by Gasteiger charge is 2.14. The average Bonchev–Trinajstić information content (AvgIpc) is 2.98. The first-order valence-electron chi connectivity index (χ1n) is 5.53. The van der Waals surface area contributed by atoms with Crippen LogP contribution in [0.1, 0.15) is 11.1 Å². The van der Waals surface area contributed by atoms with Crippen molar-refractivity contribution in [2.75, 3.05) is 0 Å². The van der Waals surface area contributed by atoms with Gasteiger partial charge in [-0.25, -0.2) is 4.98 Å². The van der Waals surface area contributed by atoms with Crippen LogP contribution in [0.3, 0.4) is 0 Å². The quantitative estimate of drug-likeness (QED) is 0.632. The maximum Gasteiger partial charge on any atom is 0.145 e. The number of aromatic amines is 1. The van der Waals surface area contributed by atoms with Crippen LogP contribution >= 0.6 is 0 Å². The molecule has 5 heteroatoms. The van der Waals surface area contributed by atoms with Gasteiger partial charge in [0.2, 0.25) is 0 Å². The van der Waals surface area contributed by atoms with Gasteiger partial charge in [0.05, 0.1) is 22.9 Å². The fraction of sp³-hybridized carbons (Fsp3) is 0. The van der Waals surface area contributed by atoms with Gasteiger partial charge in [-0.3, -0.25) is 5.41 Å². The minimum absolute atomic E-state index is 0.110. The summed E-state index contributed by atoms with van der Waals surface area (Å²) in [7, 11) is 0. The van der Waals surface area contributed by atoms with E-state index in [4.69, 9.17) is 10.7 Å². The Morgan fingerprint density at radius 2 is 1.95 bits per heavy atom. The van der Waals surface area contributed by atoms with Gasteiger partial charge in [0.1, 0.15) is 11.6 Å². The van der Waals surface area contributed by atoms with E-state index in [1.165, 1.54) is 6.07 Å². The number of nitriles is 2. The van der Waals surface area contributed by atoms with Crippen LogP contribution in [-0.2, 0) is 0 Å². The van der Waals surface area contributed by atoms with Crippen molar-refractivity contribution in [1.29, 1.82) is 15.9 Å². The first kappa shape index (κ1) is 10.9. The predicted molar refractivity (Wildman–Crippen MR) is 68.0 cm³/mol. The number of aromatic nitrogens is 2. The molecule has 0 unspecified atom stereocenters. The summed E-state index contributed by atoms with van der Waals surface area (Å²) in [6.07, 6.45) is 3.55. The van der Waals surface area contributed by atoms with Gasteiger partial charge in [0, 0.05) is 28.7 Å². The fourth-order valence-electron chi connectivity index (χ4n) is 2.14. The number of fused-ring (bicyclic) bond motifs is 3. The summed E-state index contributed by atoms with van der Waals surface area (Å²) in [4.78, 5) is 7.05. The number of nitrogens with zero attached hydrogens (tertiary/aromatic N) is 3. The van der Waals surface area contributed by atoms with Crippen LogP contribution in [0.25, 0.3) is 22.0 Å². The van der Waals surface area contributed by atoms with Crippen molar-refractivity contribution >= 4 is 10.8 Å². The molecule has 0 amide bonds. The van der Waals surface area contributed by atoms with Gasteiger partial charge in [-0.05, 0) is 18.2 Å². The highest BCUT2D eigenvalue weighted by molar-refractivity contribution is 5.96. The second kappa shape index (κ2) is 3.94. The molecule has 1 aliphatic carbocycles. The van der Waals surface area contributed by atoms with Crippen LogP contribution < -0.4 is 5.49 Å². The van der Waals surface area contributed by atoms with Crippen LogP contribution in [0.4, 0.5) is 0 Å². The van der Waals surface area contributed by atoms with E-state index in [0.717, 1.165) is 16.3 Å². The van der Waals surface area contributed by atoms with E-state index in [9.17, 15) is 5.26 Å². The van der Waals surface area contributed by atoms with Gasteiger partial charge >= 0.3 is 0 Å². The van der Waals surface area contributed by atoms with Crippen molar-refractivity contribution in [1.82, 2.24) is 9.97 Å². The summed E-state index contributed by atoms with van der Waals surface area (Å²) in [5.74, 6) is 0. The number of nitrogens with one attached hydrogen (secondary N) is 2. The van der Waals surface area contributed by atoms with Crippen molar-refractivity contribution < 1.29 is 0 Å². The molecule has 0 saturated heterocycles. The van der Waals surface area contributed by atoms with Crippen molar-refractivity contribution in [3.8, 4) is 23.4 Å². The maximum absolute atomic E-state index is 9.21. The molecule has 0 aromatic carbocycles. The molecule has 88 valence electrons. The number of rotatable bonds is 0. The monoisotopic (exact) mass is 245 g/mol. The van der Waals surface area contributed by atoms with E-state index >= 15 is 0 Å². The molecule has 1 aromatic heterocycles. The molecule has 19 heavy (non-hydrogen) atoms. The minimum atomic E-state index is 0.110. The molecular weight excluding hydrogens is 238 g/mol. The summed E-state index contributed by atoms with van der Waals surface area (Å²) in [6.45, 7) is 0. The van der Waals surface area contributed by atoms with Crippen LogP contribution in [0.5, 0.6) is 0 Å². The molecular formula is C14H7N5. The lowest BCUT2D eigenvalue weighted by Gasteiger charge is -1.99. The Balaban J connectivity index is 2.63. The highest BCUT2D eigenvalue weighted by atomic mass is 14.8. The van der Waals surface area contributed by atoms with Crippen molar-refractivity contribution in [2.45, 2.75) is 0 Å². The zero-order valence-corrected chi connectivity index (χ0v) is 9.73. The van der Waals surface area contributed by atoms with Crippen LogP contribution in [-0.4, -0.2) is 9.97 Å². The Morgan fingerprint density at radius 3 is 2.68 bits per heavy atom. The van der Waals surface area contributed by atoms with E-state index in [0.29, 0.717) is 16.8 Å². The Morgan fingerprint density at radius 1 is 1.11 bits per heavy atom. The summed E-state index contributed by atoms with van der Waals surface area (Å²) in [5.41, 5.74) is 1.99. The third-order valence-electron chi connectivity index (χ3n) is 2.95. The van der Waals surface area contributed by atoms with E-state index < -0.39 is 0 Å². The maximum atomic E-state index is 9.21. The Hall–Kier alpha value is -3.18. The minimum Gasteiger partial charge on any atom is -0.366 e. The van der Waals surface area contributed by atoms with Gasteiger partial charge in [-0.1, -0.05) is 0 Å². The molecule has 1 aliphatic heterocycles. The smallest absolute Gasteiger partial charge is 0.145 e. The molecule has 0 fully saturated rings. The highest BCUT2D eigenvalue weighted by Crippen LogP contribution is 2.29. The third-order valence-corrected chi connectivity index (χ3v) is 2.95. The van der Waals surface area contributed by atoms with Crippen molar-refractivity contribution in [3.63, 3.8) is 0 Å². The number of H-pyrrole nitrogens is 1. The zero-order valence-electron chi connectivity index (χ0n) is 9.73. The summed E-state index contributed by atoms with van der Waals surface area (Å²) >= 11 is 0. The molecule has 0 bridgehead atoms. The Bertz CT molecular complexity index is 908. The summed E-state index contributed by atoms with van der Waals surface area (Å²) < 4.78 is 0. The molecule has 0 radical (unpaired) electrons. The molecule has 0 saturated carbocycles. The second-order valence-electron chi connectivity index (χ2n) is 4.11. The predicted octanol–water partition coefficient (Wildman–Crippen LogP) is 1.89. The first-order valence-corrected chi connectivity index (χ1v) is 5.53. The van der Waals surface area contributed by atoms with Gasteiger partial charge in [0.25, 0.3) is 0 Å².